The molecule has 0 aromatic heterocycles. The number of halogens is 1. The van der Waals surface area contributed by atoms with Crippen LogP contribution in [0.4, 0.5) is 10.1 Å². The standard InChI is InChI=1S/C22H21FN2O4S/c1-25(20-5-3-4-6-21(20)29-2)30(27,28)19-13-9-17(10-14-19)22(26)24-15-16-7-11-18(23)12-8-16/h3-14H,15H2,1-2H3,(H,24,26). The van der Waals surface area contributed by atoms with Gasteiger partial charge in [0.05, 0.1) is 17.7 Å². The van der Waals surface area contributed by atoms with Crippen LogP contribution in [-0.2, 0) is 16.6 Å². The van der Waals surface area contributed by atoms with Gasteiger partial charge in [0.25, 0.3) is 15.9 Å². The molecular formula is C22H21FN2O4S. The lowest BCUT2D eigenvalue weighted by Gasteiger charge is -2.21. The molecule has 30 heavy (non-hydrogen) atoms. The number of rotatable bonds is 7. The van der Waals surface area contributed by atoms with Crippen LogP contribution in [-0.4, -0.2) is 28.5 Å². The van der Waals surface area contributed by atoms with E-state index in [0.717, 1.165) is 9.87 Å². The zero-order valence-electron chi connectivity index (χ0n) is 16.5. The van der Waals surface area contributed by atoms with Gasteiger partial charge in [0.1, 0.15) is 11.6 Å². The van der Waals surface area contributed by atoms with Gasteiger partial charge in [-0.05, 0) is 54.1 Å². The summed E-state index contributed by atoms with van der Waals surface area (Å²) in [5, 5.41) is 2.72. The highest BCUT2D eigenvalue weighted by molar-refractivity contribution is 7.92. The third-order valence-corrected chi connectivity index (χ3v) is 6.35. The Labute approximate surface area is 175 Å². The number of sulfonamides is 1. The van der Waals surface area contributed by atoms with E-state index < -0.39 is 10.0 Å². The number of carbonyl (C=O) groups is 1. The third kappa shape index (κ3) is 4.60. The fourth-order valence-corrected chi connectivity index (χ4v) is 4.05. The molecule has 8 heteroatoms. The minimum Gasteiger partial charge on any atom is -0.495 e. The Morgan fingerprint density at radius 1 is 1.00 bits per heavy atom. The van der Waals surface area contributed by atoms with E-state index in [1.165, 1.54) is 50.6 Å². The molecule has 0 unspecified atom stereocenters. The molecule has 6 nitrogen and oxygen atoms in total. The fourth-order valence-electron chi connectivity index (χ4n) is 2.84. The van der Waals surface area contributed by atoms with Crippen molar-refractivity contribution in [1.29, 1.82) is 0 Å². The number of carbonyl (C=O) groups excluding carboxylic acids is 1. The predicted molar refractivity (Wildman–Crippen MR) is 113 cm³/mol. The Hall–Kier alpha value is -3.39. The van der Waals surface area contributed by atoms with Crippen molar-refractivity contribution < 1.29 is 22.3 Å². The maximum absolute atomic E-state index is 13.0. The first-order valence-electron chi connectivity index (χ1n) is 9.07. The molecule has 0 bridgehead atoms. The number of nitrogens with one attached hydrogen (secondary N) is 1. The lowest BCUT2D eigenvalue weighted by atomic mass is 10.2. The van der Waals surface area contributed by atoms with Crippen molar-refractivity contribution in [1.82, 2.24) is 5.32 Å². The Bertz CT molecular complexity index is 1130. The smallest absolute Gasteiger partial charge is 0.264 e. The molecule has 0 aliphatic rings. The van der Waals surface area contributed by atoms with Gasteiger partial charge in [-0.2, -0.15) is 0 Å². The van der Waals surface area contributed by atoms with Crippen LogP contribution in [0, 0.1) is 5.82 Å². The number of para-hydroxylation sites is 2. The van der Waals surface area contributed by atoms with Crippen LogP contribution < -0.4 is 14.4 Å². The second-order valence-corrected chi connectivity index (χ2v) is 8.45. The largest absolute Gasteiger partial charge is 0.495 e. The van der Waals surface area contributed by atoms with Gasteiger partial charge in [-0.25, -0.2) is 12.8 Å². The summed E-state index contributed by atoms with van der Waals surface area (Å²) in [5.41, 5.74) is 1.47. The lowest BCUT2D eigenvalue weighted by Crippen LogP contribution is -2.27. The summed E-state index contributed by atoms with van der Waals surface area (Å²) in [5.74, 6) is -0.276. The summed E-state index contributed by atoms with van der Waals surface area (Å²) >= 11 is 0. The van der Waals surface area contributed by atoms with Crippen LogP contribution in [0.5, 0.6) is 5.75 Å². The van der Waals surface area contributed by atoms with Gasteiger partial charge in [-0.1, -0.05) is 24.3 Å². The topological polar surface area (TPSA) is 75.7 Å². The Balaban J connectivity index is 1.73. The van der Waals surface area contributed by atoms with Crippen LogP contribution in [0.1, 0.15) is 15.9 Å². The number of amides is 1. The first-order chi connectivity index (χ1) is 14.3. The molecule has 1 N–H and O–H groups in total. The van der Waals surface area contributed by atoms with Crippen molar-refractivity contribution in [2.45, 2.75) is 11.4 Å². The minimum absolute atomic E-state index is 0.0472. The number of benzene rings is 3. The number of nitrogens with zero attached hydrogens (tertiary/aromatic N) is 1. The maximum atomic E-state index is 13.0. The molecule has 0 radical (unpaired) electrons. The summed E-state index contributed by atoms with van der Waals surface area (Å²) in [6.07, 6.45) is 0. The van der Waals surface area contributed by atoms with Crippen molar-refractivity contribution in [2.75, 3.05) is 18.5 Å². The van der Waals surface area contributed by atoms with Crippen LogP contribution >= 0.6 is 0 Å². The predicted octanol–water partition coefficient (Wildman–Crippen LogP) is 3.59. The van der Waals surface area contributed by atoms with E-state index in [0.29, 0.717) is 17.0 Å². The van der Waals surface area contributed by atoms with E-state index in [1.54, 1.807) is 36.4 Å². The number of hydrogen-bond acceptors (Lipinski definition) is 4. The van der Waals surface area contributed by atoms with E-state index in [-0.39, 0.29) is 23.2 Å². The lowest BCUT2D eigenvalue weighted by molar-refractivity contribution is 0.0951. The summed E-state index contributed by atoms with van der Waals surface area (Å²) in [6.45, 7) is 0.232. The molecule has 0 saturated heterocycles. The fraction of sp³-hybridized carbons (Fsp3) is 0.136. The molecule has 0 spiro atoms. The molecule has 0 atom stereocenters. The quantitative estimate of drug-likeness (QED) is 0.624. The molecule has 156 valence electrons. The Morgan fingerprint density at radius 3 is 2.27 bits per heavy atom. The Morgan fingerprint density at radius 2 is 1.63 bits per heavy atom. The molecule has 3 aromatic rings. The van der Waals surface area contributed by atoms with E-state index in [9.17, 15) is 17.6 Å². The first kappa shape index (κ1) is 21.3. The van der Waals surface area contributed by atoms with Crippen molar-refractivity contribution in [3.63, 3.8) is 0 Å². The summed E-state index contributed by atoms with van der Waals surface area (Å²) in [7, 11) is -0.928. The summed E-state index contributed by atoms with van der Waals surface area (Å²) in [4.78, 5) is 12.4. The van der Waals surface area contributed by atoms with Crippen LogP contribution in [0.3, 0.4) is 0 Å². The monoisotopic (exact) mass is 428 g/mol. The second-order valence-electron chi connectivity index (χ2n) is 6.48. The van der Waals surface area contributed by atoms with E-state index in [2.05, 4.69) is 5.32 Å². The highest BCUT2D eigenvalue weighted by Crippen LogP contribution is 2.30. The van der Waals surface area contributed by atoms with Crippen molar-refractivity contribution in [2.24, 2.45) is 0 Å². The average Bonchev–Trinajstić information content (AvgIpc) is 2.78. The highest BCUT2D eigenvalue weighted by atomic mass is 32.2. The molecule has 0 aliphatic heterocycles. The maximum Gasteiger partial charge on any atom is 0.264 e. The minimum atomic E-state index is -3.84. The number of ether oxygens (including phenoxy) is 1. The Kier molecular flexibility index (Phi) is 6.37. The zero-order chi connectivity index (χ0) is 21.7. The molecule has 0 saturated carbocycles. The van der Waals surface area contributed by atoms with Gasteiger partial charge in [0.15, 0.2) is 0 Å². The van der Waals surface area contributed by atoms with Gasteiger partial charge in [0.2, 0.25) is 0 Å². The molecular weight excluding hydrogens is 407 g/mol. The summed E-state index contributed by atoms with van der Waals surface area (Å²) < 4.78 is 45.2. The molecule has 0 fully saturated rings. The van der Waals surface area contributed by atoms with Crippen molar-refractivity contribution in [3.8, 4) is 5.75 Å². The highest BCUT2D eigenvalue weighted by Gasteiger charge is 2.23. The molecule has 1 amide bonds. The third-order valence-electron chi connectivity index (χ3n) is 4.57. The van der Waals surface area contributed by atoms with Crippen molar-refractivity contribution >= 4 is 21.6 Å². The molecule has 0 heterocycles. The van der Waals surface area contributed by atoms with E-state index >= 15 is 0 Å². The number of anilines is 1. The molecule has 3 rings (SSSR count). The van der Waals surface area contributed by atoms with E-state index in [1.807, 2.05) is 0 Å². The van der Waals surface area contributed by atoms with E-state index in [4.69, 9.17) is 4.74 Å². The van der Waals surface area contributed by atoms with Gasteiger partial charge >= 0.3 is 0 Å². The zero-order valence-corrected chi connectivity index (χ0v) is 17.3. The van der Waals surface area contributed by atoms with Crippen LogP contribution in [0.2, 0.25) is 0 Å². The SMILES string of the molecule is COc1ccccc1N(C)S(=O)(=O)c1ccc(C(=O)NCc2ccc(F)cc2)cc1. The number of hydrogen-bond donors (Lipinski definition) is 1. The average molecular weight is 428 g/mol. The van der Waals surface area contributed by atoms with Gasteiger partial charge in [-0.3, -0.25) is 9.10 Å². The normalized spacial score (nSPS) is 11.0. The van der Waals surface area contributed by atoms with Gasteiger partial charge < -0.3 is 10.1 Å². The van der Waals surface area contributed by atoms with Gasteiger partial charge in [0, 0.05) is 19.2 Å². The summed E-state index contributed by atoms with van der Waals surface area (Å²) in [6, 6.07) is 18.3. The van der Waals surface area contributed by atoms with Crippen molar-refractivity contribution in [3.05, 3.63) is 89.7 Å². The van der Waals surface area contributed by atoms with Crippen LogP contribution in [0.15, 0.2) is 77.7 Å². The van der Waals surface area contributed by atoms with Gasteiger partial charge in [-0.15, -0.1) is 0 Å². The van der Waals surface area contributed by atoms with Crippen LogP contribution in [0.25, 0.3) is 0 Å². The second kappa shape index (κ2) is 8.96. The number of methoxy groups -OCH3 is 1. The first-order valence-corrected chi connectivity index (χ1v) is 10.5. The molecule has 0 aliphatic carbocycles. The molecule has 3 aromatic carbocycles.